The van der Waals surface area contributed by atoms with Gasteiger partial charge in [-0.25, -0.2) is 0 Å². The first kappa shape index (κ1) is 11.9. The fourth-order valence-electron chi connectivity index (χ4n) is 1.31. The van der Waals surface area contributed by atoms with Gasteiger partial charge in [-0.2, -0.15) is 0 Å². The summed E-state index contributed by atoms with van der Waals surface area (Å²) < 4.78 is 10.5. The first-order chi connectivity index (χ1) is 7.25. The van der Waals surface area contributed by atoms with E-state index in [0.717, 1.165) is 36.4 Å². The molecule has 0 saturated heterocycles. The van der Waals surface area contributed by atoms with Crippen molar-refractivity contribution in [3.05, 3.63) is 23.8 Å². The monoisotopic (exact) mass is 209 g/mol. The molecule has 0 fully saturated rings. The molecule has 15 heavy (non-hydrogen) atoms. The molecule has 0 unspecified atom stereocenters. The lowest BCUT2D eigenvalue weighted by Crippen LogP contribution is -2.02. The average Bonchev–Trinajstić information content (AvgIpc) is 2.24. The van der Waals surface area contributed by atoms with E-state index in [9.17, 15) is 0 Å². The van der Waals surface area contributed by atoms with Crippen molar-refractivity contribution < 1.29 is 9.47 Å². The summed E-state index contributed by atoms with van der Waals surface area (Å²) in [5.41, 5.74) is 7.67. The van der Waals surface area contributed by atoms with E-state index in [2.05, 4.69) is 0 Å². The number of hydrogen-bond donors (Lipinski definition) is 1. The van der Waals surface area contributed by atoms with E-state index < -0.39 is 0 Å². The Morgan fingerprint density at radius 3 is 2.67 bits per heavy atom. The third-order valence-corrected chi connectivity index (χ3v) is 2.28. The van der Waals surface area contributed by atoms with Gasteiger partial charge >= 0.3 is 0 Å². The zero-order valence-corrected chi connectivity index (χ0v) is 9.45. The molecule has 0 aliphatic heterocycles. The Labute approximate surface area is 91.2 Å². The maximum absolute atomic E-state index is 5.87. The fraction of sp³-hybridized carbons (Fsp3) is 0.500. The number of hydrogen-bond acceptors (Lipinski definition) is 3. The molecule has 1 aromatic rings. The Balaban J connectivity index is 2.34. The van der Waals surface area contributed by atoms with E-state index in [1.807, 2.05) is 25.1 Å². The zero-order valence-electron chi connectivity index (χ0n) is 9.45. The Morgan fingerprint density at radius 1 is 1.20 bits per heavy atom. The van der Waals surface area contributed by atoms with Gasteiger partial charge < -0.3 is 15.2 Å². The zero-order chi connectivity index (χ0) is 11.1. The number of anilines is 1. The summed E-state index contributed by atoms with van der Waals surface area (Å²) in [5, 5.41) is 0. The second-order valence-corrected chi connectivity index (χ2v) is 3.54. The van der Waals surface area contributed by atoms with Crippen molar-refractivity contribution in [3.8, 4) is 5.75 Å². The first-order valence-corrected chi connectivity index (χ1v) is 5.22. The van der Waals surface area contributed by atoms with E-state index in [1.54, 1.807) is 7.11 Å². The topological polar surface area (TPSA) is 44.5 Å². The van der Waals surface area contributed by atoms with Gasteiger partial charge in [0, 0.05) is 13.7 Å². The van der Waals surface area contributed by atoms with Crippen molar-refractivity contribution in [2.45, 2.75) is 19.8 Å². The number of ether oxygens (including phenoxy) is 2. The maximum atomic E-state index is 5.87. The molecular formula is C12H19NO2. The minimum absolute atomic E-state index is 0.691. The van der Waals surface area contributed by atoms with Crippen LogP contribution in [0, 0.1) is 6.92 Å². The lowest BCUT2D eigenvalue weighted by atomic mass is 10.2. The van der Waals surface area contributed by atoms with E-state index in [1.165, 1.54) is 0 Å². The van der Waals surface area contributed by atoms with Crippen molar-refractivity contribution in [3.63, 3.8) is 0 Å². The van der Waals surface area contributed by atoms with Crippen LogP contribution in [0.15, 0.2) is 18.2 Å². The summed E-state index contributed by atoms with van der Waals surface area (Å²) in [5.74, 6) is 0.785. The summed E-state index contributed by atoms with van der Waals surface area (Å²) in [4.78, 5) is 0. The molecule has 3 heteroatoms. The SMILES string of the molecule is COCCCCOc1cccc(C)c1N. The molecule has 84 valence electrons. The number of nitrogens with two attached hydrogens (primary N) is 1. The lowest BCUT2D eigenvalue weighted by Gasteiger charge is -2.10. The van der Waals surface area contributed by atoms with E-state index >= 15 is 0 Å². The van der Waals surface area contributed by atoms with Crippen LogP contribution in [-0.2, 0) is 4.74 Å². The summed E-state index contributed by atoms with van der Waals surface area (Å²) in [6.07, 6.45) is 2.00. The van der Waals surface area contributed by atoms with Crippen LogP contribution in [0.25, 0.3) is 0 Å². The molecule has 1 rings (SSSR count). The van der Waals surface area contributed by atoms with Crippen molar-refractivity contribution in [1.82, 2.24) is 0 Å². The number of unbranched alkanes of at least 4 members (excludes halogenated alkanes) is 1. The van der Waals surface area contributed by atoms with Crippen molar-refractivity contribution in [1.29, 1.82) is 0 Å². The highest BCUT2D eigenvalue weighted by atomic mass is 16.5. The predicted octanol–water partition coefficient (Wildman–Crippen LogP) is 2.38. The van der Waals surface area contributed by atoms with E-state index in [-0.39, 0.29) is 0 Å². The van der Waals surface area contributed by atoms with Gasteiger partial charge in [0.05, 0.1) is 12.3 Å². The van der Waals surface area contributed by atoms with E-state index in [4.69, 9.17) is 15.2 Å². The molecular weight excluding hydrogens is 190 g/mol. The summed E-state index contributed by atoms with van der Waals surface area (Å²) in [6, 6.07) is 5.84. The number of nitrogen functional groups attached to an aromatic ring is 1. The maximum Gasteiger partial charge on any atom is 0.142 e. The average molecular weight is 209 g/mol. The Morgan fingerprint density at radius 2 is 1.93 bits per heavy atom. The Bertz CT molecular complexity index is 300. The van der Waals surface area contributed by atoms with Gasteiger partial charge in [0.1, 0.15) is 5.75 Å². The minimum Gasteiger partial charge on any atom is -0.491 e. The normalized spacial score (nSPS) is 10.3. The van der Waals surface area contributed by atoms with Gasteiger partial charge in [-0.15, -0.1) is 0 Å². The third-order valence-electron chi connectivity index (χ3n) is 2.28. The second-order valence-electron chi connectivity index (χ2n) is 3.54. The van der Waals surface area contributed by atoms with Crippen molar-refractivity contribution >= 4 is 5.69 Å². The van der Waals surface area contributed by atoms with Gasteiger partial charge in [0.25, 0.3) is 0 Å². The van der Waals surface area contributed by atoms with Crippen LogP contribution in [0.1, 0.15) is 18.4 Å². The van der Waals surface area contributed by atoms with Gasteiger partial charge in [0.2, 0.25) is 0 Å². The van der Waals surface area contributed by atoms with Crippen LogP contribution >= 0.6 is 0 Å². The van der Waals surface area contributed by atoms with Crippen molar-refractivity contribution in [2.24, 2.45) is 0 Å². The number of rotatable bonds is 6. The highest BCUT2D eigenvalue weighted by Crippen LogP contribution is 2.24. The Hall–Kier alpha value is -1.22. The van der Waals surface area contributed by atoms with Gasteiger partial charge in [0.15, 0.2) is 0 Å². The molecule has 0 saturated carbocycles. The van der Waals surface area contributed by atoms with E-state index in [0.29, 0.717) is 6.61 Å². The van der Waals surface area contributed by atoms with Crippen LogP contribution in [0.4, 0.5) is 5.69 Å². The molecule has 2 N–H and O–H groups in total. The van der Waals surface area contributed by atoms with Crippen LogP contribution in [0.5, 0.6) is 5.75 Å². The second kappa shape index (κ2) is 6.30. The fourth-order valence-corrected chi connectivity index (χ4v) is 1.31. The highest BCUT2D eigenvalue weighted by Gasteiger charge is 2.01. The van der Waals surface area contributed by atoms with Gasteiger partial charge in [-0.1, -0.05) is 12.1 Å². The first-order valence-electron chi connectivity index (χ1n) is 5.22. The number of benzene rings is 1. The largest absolute Gasteiger partial charge is 0.491 e. The smallest absolute Gasteiger partial charge is 0.142 e. The molecule has 0 bridgehead atoms. The molecule has 0 atom stereocenters. The molecule has 0 aliphatic carbocycles. The molecule has 3 nitrogen and oxygen atoms in total. The summed E-state index contributed by atoms with van der Waals surface area (Å²) in [7, 11) is 1.71. The van der Waals surface area contributed by atoms with Gasteiger partial charge in [-0.3, -0.25) is 0 Å². The number of methoxy groups -OCH3 is 1. The summed E-state index contributed by atoms with van der Waals surface area (Å²) in [6.45, 7) is 3.46. The molecule has 0 spiro atoms. The van der Waals surface area contributed by atoms with Crippen LogP contribution in [0.3, 0.4) is 0 Å². The number of para-hydroxylation sites is 1. The lowest BCUT2D eigenvalue weighted by molar-refractivity contribution is 0.184. The third kappa shape index (κ3) is 3.80. The molecule has 1 aromatic carbocycles. The van der Waals surface area contributed by atoms with Crippen LogP contribution in [-0.4, -0.2) is 20.3 Å². The van der Waals surface area contributed by atoms with Gasteiger partial charge in [-0.05, 0) is 31.4 Å². The van der Waals surface area contributed by atoms with Crippen molar-refractivity contribution in [2.75, 3.05) is 26.1 Å². The molecule has 0 amide bonds. The number of aryl methyl sites for hydroxylation is 1. The predicted molar refractivity (Wildman–Crippen MR) is 62.2 cm³/mol. The standard InChI is InChI=1S/C12H19NO2/c1-10-6-5-7-11(12(10)13)15-9-4-3-8-14-2/h5-7H,3-4,8-9,13H2,1-2H3. The molecule has 0 radical (unpaired) electrons. The molecule has 0 aliphatic rings. The highest BCUT2D eigenvalue weighted by molar-refractivity contribution is 5.57. The minimum atomic E-state index is 0.691. The summed E-state index contributed by atoms with van der Waals surface area (Å²) >= 11 is 0. The quantitative estimate of drug-likeness (QED) is 0.578. The molecule has 0 aromatic heterocycles. The Kier molecular flexibility index (Phi) is 4.98. The van der Waals surface area contributed by atoms with Crippen LogP contribution < -0.4 is 10.5 Å². The van der Waals surface area contributed by atoms with Crippen LogP contribution in [0.2, 0.25) is 0 Å². The molecule has 0 heterocycles.